The molecule has 0 aromatic rings. The normalized spacial score (nSPS) is 20.1. The smallest absolute Gasteiger partial charge is 0.0234 e. The molecule has 0 heteroatoms. The highest BCUT2D eigenvalue weighted by molar-refractivity contribution is 4.91. The Balaban J connectivity index is 3.90. The Labute approximate surface area is 71.7 Å². The van der Waals surface area contributed by atoms with E-state index < -0.39 is 0 Å². The summed E-state index contributed by atoms with van der Waals surface area (Å²) in [7, 11) is 0. The summed E-state index contributed by atoms with van der Waals surface area (Å²) in [5, 5.41) is 0. The molecule has 3 atom stereocenters. The zero-order valence-corrected chi connectivity index (χ0v) is 8.01. The topological polar surface area (TPSA) is 0 Å². The van der Waals surface area contributed by atoms with Crippen molar-refractivity contribution in [2.45, 2.75) is 27.2 Å². The van der Waals surface area contributed by atoms with Crippen molar-refractivity contribution in [1.82, 2.24) is 0 Å². The van der Waals surface area contributed by atoms with Crippen LogP contribution in [0.25, 0.3) is 0 Å². The zero-order valence-electron chi connectivity index (χ0n) is 8.01. The third kappa shape index (κ3) is 3.60. The Morgan fingerprint density at radius 3 is 2.18 bits per heavy atom. The van der Waals surface area contributed by atoms with E-state index in [1.807, 2.05) is 6.08 Å². The second kappa shape index (κ2) is 5.40. The first-order chi connectivity index (χ1) is 5.13. The Hall–Kier alpha value is -0.260. The van der Waals surface area contributed by atoms with E-state index in [0.717, 1.165) is 6.42 Å². The lowest BCUT2D eigenvalue weighted by Gasteiger charge is -2.22. The van der Waals surface area contributed by atoms with Gasteiger partial charge in [-0.3, -0.25) is 0 Å². The third-order valence-electron chi connectivity index (χ3n) is 2.62. The summed E-state index contributed by atoms with van der Waals surface area (Å²) in [5.41, 5.74) is 0. The molecule has 64 valence electrons. The van der Waals surface area contributed by atoms with E-state index in [1.165, 1.54) is 0 Å². The van der Waals surface area contributed by atoms with Crippen molar-refractivity contribution < 1.29 is 0 Å². The van der Waals surface area contributed by atoms with Crippen molar-refractivity contribution in [3.05, 3.63) is 26.0 Å². The lowest BCUT2D eigenvalue weighted by atomic mass is 9.83. The van der Waals surface area contributed by atoms with Crippen LogP contribution in [0.3, 0.4) is 0 Å². The van der Waals surface area contributed by atoms with E-state index in [4.69, 9.17) is 0 Å². The largest absolute Gasteiger partial charge is 0.0880 e. The van der Waals surface area contributed by atoms with Crippen LogP contribution in [0.1, 0.15) is 27.2 Å². The number of allylic oxidation sites excluding steroid dienone is 2. The molecule has 0 aliphatic carbocycles. The fourth-order valence-corrected chi connectivity index (χ4v) is 1.17. The molecule has 0 bridgehead atoms. The lowest BCUT2D eigenvalue weighted by molar-refractivity contribution is 0.321. The maximum atomic E-state index is 3.91. The molecular weight excluding hydrogens is 132 g/mol. The summed E-state index contributed by atoms with van der Waals surface area (Å²) >= 11 is 0. The molecule has 0 heterocycles. The quantitative estimate of drug-likeness (QED) is 0.578. The predicted molar refractivity (Wildman–Crippen MR) is 52.0 cm³/mol. The van der Waals surface area contributed by atoms with Crippen LogP contribution >= 0.6 is 0 Å². The highest BCUT2D eigenvalue weighted by Crippen LogP contribution is 2.23. The van der Waals surface area contributed by atoms with Crippen LogP contribution in [0, 0.1) is 31.6 Å². The third-order valence-corrected chi connectivity index (χ3v) is 2.62. The van der Waals surface area contributed by atoms with Gasteiger partial charge in [0.2, 0.25) is 0 Å². The van der Waals surface area contributed by atoms with Gasteiger partial charge in [-0.25, -0.2) is 0 Å². The van der Waals surface area contributed by atoms with Gasteiger partial charge < -0.3 is 0 Å². The minimum atomic E-state index is 0.629. The molecule has 2 radical (unpaired) electrons. The van der Waals surface area contributed by atoms with Crippen molar-refractivity contribution in [2.75, 3.05) is 0 Å². The van der Waals surface area contributed by atoms with Crippen LogP contribution in [0.5, 0.6) is 0 Å². The van der Waals surface area contributed by atoms with Crippen molar-refractivity contribution in [1.29, 1.82) is 0 Å². The van der Waals surface area contributed by atoms with Crippen LogP contribution in [0.15, 0.2) is 12.2 Å². The fourth-order valence-electron chi connectivity index (χ4n) is 1.17. The standard InChI is InChI=1S/C11H20/c1-6-8-10(4)11(5)9(3)7-2/h6,8-11H,1-2,7H2,3-5H3/b8-6+. The van der Waals surface area contributed by atoms with Crippen LogP contribution in [-0.2, 0) is 0 Å². The van der Waals surface area contributed by atoms with Crippen LogP contribution in [-0.4, -0.2) is 0 Å². The fraction of sp³-hybridized carbons (Fsp3) is 0.636. The summed E-state index contributed by atoms with van der Waals surface area (Å²) < 4.78 is 0. The molecular formula is C11H20. The molecule has 0 aliphatic heterocycles. The second-order valence-corrected chi connectivity index (χ2v) is 3.41. The molecule has 11 heavy (non-hydrogen) atoms. The molecule has 0 saturated heterocycles. The molecule has 3 unspecified atom stereocenters. The molecule has 0 N–H and O–H groups in total. The highest BCUT2D eigenvalue weighted by atomic mass is 14.2. The monoisotopic (exact) mass is 152 g/mol. The molecule has 0 rings (SSSR count). The maximum absolute atomic E-state index is 3.91. The molecule has 0 aromatic carbocycles. The van der Waals surface area contributed by atoms with Gasteiger partial charge in [-0.2, -0.15) is 0 Å². The van der Waals surface area contributed by atoms with E-state index in [0.29, 0.717) is 17.8 Å². The van der Waals surface area contributed by atoms with Gasteiger partial charge in [0, 0.05) is 0 Å². The SMILES string of the molecule is [CH2]/C=C/C(C)C(C)C(C)C[CH2]. The van der Waals surface area contributed by atoms with Gasteiger partial charge in [-0.05, 0) is 24.7 Å². The summed E-state index contributed by atoms with van der Waals surface area (Å²) in [6.07, 6.45) is 5.07. The lowest BCUT2D eigenvalue weighted by Crippen LogP contribution is -2.14. The van der Waals surface area contributed by atoms with Crippen molar-refractivity contribution in [3.63, 3.8) is 0 Å². The van der Waals surface area contributed by atoms with E-state index in [9.17, 15) is 0 Å². The average molecular weight is 152 g/mol. The van der Waals surface area contributed by atoms with Crippen molar-refractivity contribution in [3.8, 4) is 0 Å². The summed E-state index contributed by atoms with van der Waals surface area (Å²) in [6, 6.07) is 0. The van der Waals surface area contributed by atoms with Gasteiger partial charge in [0.25, 0.3) is 0 Å². The van der Waals surface area contributed by atoms with E-state index in [2.05, 4.69) is 40.7 Å². The van der Waals surface area contributed by atoms with Gasteiger partial charge in [-0.1, -0.05) is 46.3 Å². The number of hydrogen-bond acceptors (Lipinski definition) is 0. The number of rotatable bonds is 4. The van der Waals surface area contributed by atoms with Gasteiger partial charge >= 0.3 is 0 Å². The highest BCUT2D eigenvalue weighted by Gasteiger charge is 2.14. The Morgan fingerprint density at radius 1 is 1.27 bits per heavy atom. The molecule has 0 aromatic heterocycles. The zero-order chi connectivity index (χ0) is 8.85. The van der Waals surface area contributed by atoms with Gasteiger partial charge in [0.15, 0.2) is 0 Å². The summed E-state index contributed by atoms with van der Waals surface area (Å²) in [4.78, 5) is 0. The molecule has 0 aliphatic rings. The predicted octanol–water partition coefficient (Wildman–Crippen LogP) is 3.51. The van der Waals surface area contributed by atoms with E-state index in [1.54, 1.807) is 0 Å². The Morgan fingerprint density at radius 2 is 1.82 bits per heavy atom. The second-order valence-electron chi connectivity index (χ2n) is 3.41. The minimum Gasteiger partial charge on any atom is -0.0880 e. The summed E-state index contributed by atoms with van der Waals surface area (Å²) in [5.74, 6) is 2.05. The molecule has 0 fully saturated rings. The van der Waals surface area contributed by atoms with E-state index >= 15 is 0 Å². The Bertz CT molecular complexity index is 113. The first-order valence-corrected chi connectivity index (χ1v) is 4.38. The number of hydrogen-bond donors (Lipinski definition) is 0. The maximum Gasteiger partial charge on any atom is -0.0234 e. The minimum absolute atomic E-state index is 0.629. The van der Waals surface area contributed by atoms with E-state index in [-0.39, 0.29) is 0 Å². The Kier molecular flexibility index (Phi) is 5.27. The molecule has 0 spiro atoms. The molecule has 0 nitrogen and oxygen atoms in total. The van der Waals surface area contributed by atoms with Gasteiger partial charge in [0.1, 0.15) is 0 Å². The van der Waals surface area contributed by atoms with Crippen LogP contribution in [0.4, 0.5) is 0 Å². The van der Waals surface area contributed by atoms with Gasteiger partial charge in [0.05, 0.1) is 0 Å². The molecule has 0 amide bonds. The summed E-state index contributed by atoms with van der Waals surface area (Å²) in [6.45, 7) is 14.4. The van der Waals surface area contributed by atoms with Crippen LogP contribution < -0.4 is 0 Å². The van der Waals surface area contributed by atoms with Gasteiger partial charge in [-0.15, -0.1) is 0 Å². The van der Waals surface area contributed by atoms with Crippen molar-refractivity contribution in [2.24, 2.45) is 17.8 Å². The first kappa shape index (κ1) is 10.7. The average Bonchev–Trinajstić information content (AvgIpc) is 2.02. The first-order valence-electron chi connectivity index (χ1n) is 4.38. The van der Waals surface area contributed by atoms with Crippen molar-refractivity contribution >= 4 is 0 Å². The van der Waals surface area contributed by atoms with Crippen LogP contribution in [0.2, 0.25) is 0 Å². The molecule has 0 saturated carbocycles.